The van der Waals surface area contributed by atoms with Gasteiger partial charge in [0.15, 0.2) is 0 Å². The lowest BCUT2D eigenvalue weighted by Crippen LogP contribution is -1.99. The molecular weight excluding hydrogens is 160 g/mol. The highest BCUT2D eigenvalue weighted by Crippen LogP contribution is 2.11. The highest BCUT2D eigenvalue weighted by Gasteiger charge is 1.98. The minimum atomic E-state index is 0.344. The van der Waals surface area contributed by atoms with Gasteiger partial charge in [0.2, 0.25) is 0 Å². The molecule has 78 valence electrons. The van der Waals surface area contributed by atoms with Crippen LogP contribution in [0, 0.1) is 5.92 Å². The molecule has 0 aromatic heterocycles. The molecule has 0 aliphatic carbocycles. The third-order valence-electron chi connectivity index (χ3n) is 2.42. The lowest BCUT2D eigenvalue weighted by molar-refractivity contribution is 0.227. The van der Waals surface area contributed by atoms with Crippen molar-refractivity contribution in [2.24, 2.45) is 5.92 Å². The van der Waals surface area contributed by atoms with Gasteiger partial charge < -0.3 is 5.11 Å². The number of aliphatic hydroxyl groups excluding tert-OH is 1. The summed E-state index contributed by atoms with van der Waals surface area (Å²) in [5.41, 5.74) is 0. The third-order valence-corrected chi connectivity index (χ3v) is 2.42. The lowest BCUT2D eigenvalue weighted by atomic mass is 10.0. The highest BCUT2D eigenvalue weighted by atomic mass is 16.3. The number of rotatable bonds is 9. The van der Waals surface area contributed by atoms with E-state index in [1.165, 1.54) is 38.5 Å². The van der Waals surface area contributed by atoms with Crippen LogP contribution in [0.1, 0.15) is 51.9 Å². The SMILES string of the molecule is C=CCCCCCCC[C@@H](C)CO. The molecule has 0 fully saturated rings. The zero-order chi connectivity index (χ0) is 9.94. The van der Waals surface area contributed by atoms with Gasteiger partial charge in [-0.05, 0) is 25.2 Å². The third kappa shape index (κ3) is 9.62. The van der Waals surface area contributed by atoms with E-state index in [9.17, 15) is 0 Å². The molecule has 0 saturated carbocycles. The Morgan fingerprint density at radius 3 is 2.38 bits per heavy atom. The molecule has 13 heavy (non-hydrogen) atoms. The fourth-order valence-corrected chi connectivity index (χ4v) is 1.40. The molecule has 1 nitrogen and oxygen atoms in total. The van der Waals surface area contributed by atoms with Crippen molar-refractivity contribution in [3.63, 3.8) is 0 Å². The Morgan fingerprint density at radius 1 is 1.15 bits per heavy atom. The monoisotopic (exact) mass is 184 g/mol. The van der Waals surface area contributed by atoms with Crippen molar-refractivity contribution in [3.05, 3.63) is 12.7 Å². The van der Waals surface area contributed by atoms with Gasteiger partial charge in [0.05, 0.1) is 0 Å². The number of aliphatic hydroxyl groups is 1. The van der Waals surface area contributed by atoms with Gasteiger partial charge >= 0.3 is 0 Å². The molecule has 0 aliphatic heterocycles. The zero-order valence-corrected chi connectivity index (χ0v) is 8.97. The summed E-state index contributed by atoms with van der Waals surface area (Å²) >= 11 is 0. The van der Waals surface area contributed by atoms with Crippen LogP contribution in [0.4, 0.5) is 0 Å². The Bertz CT molecular complexity index is 110. The average Bonchev–Trinajstić information content (AvgIpc) is 2.16. The van der Waals surface area contributed by atoms with E-state index in [1.807, 2.05) is 6.08 Å². The van der Waals surface area contributed by atoms with E-state index in [0.29, 0.717) is 12.5 Å². The minimum absolute atomic E-state index is 0.344. The maximum atomic E-state index is 8.80. The van der Waals surface area contributed by atoms with Crippen LogP contribution in [0.15, 0.2) is 12.7 Å². The Kier molecular flexibility index (Phi) is 9.56. The van der Waals surface area contributed by atoms with E-state index in [2.05, 4.69) is 13.5 Å². The Balaban J connectivity index is 2.95. The summed E-state index contributed by atoms with van der Waals surface area (Å²) in [6, 6.07) is 0. The number of unbranched alkanes of at least 4 members (excludes halogenated alkanes) is 5. The van der Waals surface area contributed by atoms with Gasteiger partial charge in [0, 0.05) is 6.61 Å². The lowest BCUT2D eigenvalue weighted by Gasteiger charge is -2.06. The summed E-state index contributed by atoms with van der Waals surface area (Å²) in [7, 11) is 0. The van der Waals surface area contributed by atoms with Crippen LogP contribution >= 0.6 is 0 Å². The maximum absolute atomic E-state index is 8.80. The zero-order valence-electron chi connectivity index (χ0n) is 8.97. The van der Waals surface area contributed by atoms with E-state index in [-0.39, 0.29) is 0 Å². The van der Waals surface area contributed by atoms with Crippen LogP contribution in [0.25, 0.3) is 0 Å². The molecule has 0 heterocycles. The Morgan fingerprint density at radius 2 is 1.77 bits per heavy atom. The summed E-state index contributed by atoms with van der Waals surface area (Å²) in [5.74, 6) is 0.494. The molecule has 0 aromatic carbocycles. The second-order valence-electron chi connectivity index (χ2n) is 3.92. The van der Waals surface area contributed by atoms with Crippen molar-refractivity contribution in [1.29, 1.82) is 0 Å². The van der Waals surface area contributed by atoms with Crippen molar-refractivity contribution >= 4 is 0 Å². The molecule has 1 heteroatoms. The largest absolute Gasteiger partial charge is 0.396 e. The van der Waals surface area contributed by atoms with Gasteiger partial charge in [-0.3, -0.25) is 0 Å². The predicted octanol–water partition coefficient (Wildman–Crippen LogP) is 3.53. The standard InChI is InChI=1S/C12H24O/c1-3-4-5-6-7-8-9-10-12(2)11-13/h3,12-13H,1,4-11H2,2H3/t12-/m1/s1. The maximum Gasteiger partial charge on any atom is 0.0456 e. The average molecular weight is 184 g/mol. The predicted molar refractivity (Wildman–Crippen MR) is 58.8 cm³/mol. The van der Waals surface area contributed by atoms with Crippen LogP contribution < -0.4 is 0 Å². The summed E-state index contributed by atoms with van der Waals surface area (Å²) in [4.78, 5) is 0. The van der Waals surface area contributed by atoms with E-state index >= 15 is 0 Å². The van der Waals surface area contributed by atoms with Crippen LogP contribution in [-0.4, -0.2) is 11.7 Å². The van der Waals surface area contributed by atoms with Crippen molar-refractivity contribution in [2.45, 2.75) is 51.9 Å². The van der Waals surface area contributed by atoms with Crippen LogP contribution in [0.3, 0.4) is 0 Å². The van der Waals surface area contributed by atoms with Crippen molar-refractivity contribution < 1.29 is 5.11 Å². The van der Waals surface area contributed by atoms with Crippen molar-refractivity contribution in [2.75, 3.05) is 6.61 Å². The topological polar surface area (TPSA) is 20.2 Å². The fourth-order valence-electron chi connectivity index (χ4n) is 1.40. The Labute approximate surface area is 82.9 Å². The molecule has 0 rings (SSSR count). The van der Waals surface area contributed by atoms with E-state index in [1.54, 1.807) is 0 Å². The smallest absolute Gasteiger partial charge is 0.0456 e. The van der Waals surface area contributed by atoms with Gasteiger partial charge in [-0.2, -0.15) is 0 Å². The normalized spacial score (nSPS) is 12.8. The molecule has 0 spiro atoms. The Hall–Kier alpha value is -0.300. The van der Waals surface area contributed by atoms with Gasteiger partial charge in [0.1, 0.15) is 0 Å². The fraction of sp³-hybridized carbons (Fsp3) is 0.833. The van der Waals surface area contributed by atoms with Crippen LogP contribution in [0.2, 0.25) is 0 Å². The van der Waals surface area contributed by atoms with E-state index in [4.69, 9.17) is 5.11 Å². The number of allylic oxidation sites excluding steroid dienone is 1. The summed E-state index contributed by atoms with van der Waals surface area (Å²) in [6.07, 6.45) is 10.9. The molecule has 0 amide bonds. The van der Waals surface area contributed by atoms with Crippen molar-refractivity contribution in [3.8, 4) is 0 Å². The molecular formula is C12H24O. The first-order valence-electron chi connectivity index (χ1n) is 5.53. The molecule has 0 aliphatic rings. The summed E-state index contributed by atoms with van der Waals surface area (Å²) in [6.45, 7) is 6.15. The summed E-state index contributed by atoms with van der Waals surface area (Å²) < 4.78 is 0. The first-order valence-corrected chi connectivity index (χ1v) is 5.53. The number of hydrogen-bond donors (Lipinski definition) is 1. The second kappa shape index (κ2) is 9.79. The molecule has 1 N–H and O–H groups in total. The molecule has 0 saturated heterocycles. The molecule has 0 unspecified atom stereocenters. The van der Waals surface area contributed by atoms with Gasteiger partial charge in [-0.15, -0.1) is 6.58 Å². The quantitative estimate of drug-likeness (QED) is 0.429. The van der Waals surface area contributed by atoms with E-state index in [0.717, 1.165) is 6.42 Å². The van der Waals surface area contributed by atoms with Crippen LogP contribution in [-0.2, 0) is 0 Å². The first kappa shape index (κ1) is 12.7. The van der Waals surface area contributed by atoms with Gasteiger partial charge in [-0.1, -0.05) is 38.7 Å². The van der Waals surface area contributed by atoms with Crippen LogP contribution in [0.5, 0.6) is 0 Å². The summed E-state index contributed by atoms with van der Waals surface area (Å²) in [5, 5.41) is 8.80. The van der Waals surface area contributed by atoms with E-state index < -0.39 is 0 Å². The highest BCUT2D eigenvalue weighted by molar-refractivity contribution is 4.65. The molecule has 0 radical (unpaired) electrons. The van der Waals surface area contributed by atoms with Gasteiger partial charge in [-0.25, -0.2) is 0 Å². The van der Waals surface area contributed by atoms with Crippen molar-refractivity contribution in [1.82, 2.24) is 0 Å². The molecule has 0 bridgehead atoms. The number of hydrogen-bond acceptors (Lipinski definition) is 1. The molecule has 0 aromatic rings. The second-order valence-corrected chi connectivity index (χ2v) is 3.92. The first-order chi connectivity index (χ1) is 6.31. The van der Waals surface area contributed by atoms with Gasteiger partial charge in [0.25, 0.3) is 0 Å². The molecule has 1 atom stereocenters. The minimum Gasteiger partial charge on any atom is -0.396 e.